The lowest BCUT2D eigenvalue weighted by molar-refractivity contribution is 0.0696. The summed E-state index contributed by atoms with van der Waals surface area (Å²) in [6.45, 7) is 1.73. The molecular formula is C14H14N2O4. The molecule has 6 nitrogen and oxygen atoms in total. The molecular weight excluding hydrogens is 260 g/mol. The zero-order valence-electron chi connectivity index (χ0n) is 10.9. The molecule has 1 aromatic carbocycles. The molecule has 6 heteroatoms. The van der Waals surface area contributed by atoms with Crippen LogP contribution in [0.1, 0.15) is 17.3 Å². The highest BCUT2D eigenvalue weighted by Gasteiger charge is 2.12. The van der Waals surface area contributed by atoms with Crippen molar-refractivity contribution in [2.24, 2.45) is 0 Å². The molecule has 0 fully saturated rings. The van der Waals surface area contributed by atoms with Crippen LogP contribution in [0.15, 0.2) is 36.9 Å². The van der Waals surface area contributed by atoms with Crippen LogP contribution in [0.5, 0.6) is 5.75 Å². The fraction of sp³-hybridized carbons (Fsp3) is 0.214. The summed E-state index contributed by atoms with van der Waals surface area (Å²) < 4.78 is 5.49. The van der Waals surface area contributed by atoms with Gasteiger partial charge in [0.25, 0.3) is 0 Å². The van der Waals surface area contributed by atoms with Gasteiger partial charge in [0.1, 0.15) is 18.7 Å². The van der Waals surface area contributed by atoms with Gasteiger partial charge < -0.3 is 14.9 Å². The Morgan fingerprint density at radius 2 is 2.05 bits per heavy atom. The molecule has 20 heavy (non-hydrogen) atoms. The van der Waals surface area contributed by atoms with Gasteiger partial charge in [-0.1, -0.05) is 0 Å². The number of carboxylic acid groups (broad SMARTS) is 1. The zero-order valence-corrected chi connectivity index (χ0v) is 10.9. The average Bonchev–Trinajstić information content (AvgIpc) is 2.45. The molecule has 0 aliphatic heterocycles. The molecule has 0 amide bonds. The Balaban J connectivity index is 2.43. The summed E-state index contributed by atoms with van der Waals surface area (Å²) >= 11 is 0. The minimum Gasteiger partial charge on any atom is -0.490 e. The van der Waals surface area contributed by atoms with Crippen molar-refractivity contribution < 1.29 is 19.7 Å². The normalized spacial score (nSPS) is 11.9. The molecule has 0 spiro atoms. The van der Waals surface area contributed by atoms with E-state index in [1.54, 1.807) is 25.4 Å². The Hall–Kier alpha value is -2.47. The standard InChI is InChI=1S/C14H14N2O4/c1-9(17)7-20-13-3-2-10(14(18)19)4-12(13)11-5-15-8-16-6-11/h2-6,8-9,17H,7H2,1H3,(H,18,19)/t9-/m1/s1. The number of aromatic nitrogens is 2. The number of nitrogens with zero attached hydrogens (tertiary/aromatic N) is 2. The molecule has 1 aromatic heterocycles. The van der Waals surface area contributed by atoms with Crippen molar-refractivity contribution >= 4 is 5.97 Å². The fourth-order valence-corrected chi connectivity index (χ4v) is 1.66. The highest BCUT2D eigenvalue weighted by atomic mass is 16.5. The SMILES string of the molecule is C[C@@H](O)COc1ccc(C(=O)O)cc1-c1cncnc1. The van der Waals surface area contributed by atoms with E-state index < -0.39 is 12.1 Å². The highest BCUT2D eigenvalue weighted by Crippen LogP contribution is 2.30. The minimum atomic E-state index is -1.02. The maximum absolute atomic E-state index is 11.0. The second-order valence-electron chi connectivity index (χ2n) is 4.30. The number of aromatic carboxylic acids is 1. The summed E-state index contributed by atoms with van der Waals surface area (Å²) in [6, 6.07) is 4.51. The molecule has 1 heterocycles. The Morgan fingerprint density at radius 1 is 1.35 bits per heavy atom. The molecule has 1 atom stereocenters. The predicted octanol–water partition coefficient (Wildman–Crippen LogP) is 1.60. The Bertz CT molecular complexity index is 599. The van der Waals surface area contributed by atoms with Crippen molar-refractivity contribution in [2.45, 2.75) is 13.0 Å². The second-order valence-corrected chi connectivity index (χ2v) is 4.30. The largest absolute Gasteiger partial charge is 0.490 e. The van der Waals surface area contributed by atoms with Gasteiger partial charge in [-0.15, -0.1) is 0 Å². The molecule has 2 rings (SSSR count). The lowest BCUT2D eigenvalue weighted by Gasteiger charge is -2.13. The molecule has 2 aromatic rings. The van der Waals surface area contributed by atoms with Gasteiger partial charge in [-0.2, -0.15) is 0 Å². The number of hydrogen-bond donors (Lipinski definition) is 2. The molecule has 2 N–H and O–H groups in total. The highest BCUT2D eigenvalue weighted by molar-refractivity contribution is 5.90. The van der Waals surface area contributed by atoms with Gasteiger partial charge in [-0.3, -0.25) is 0 Å². The van der Waals surface area contributed by atoms with E-state index in [2.05, 4.69) is 9.97 Å². The third kappa shape index (κ3) is 3.30. The van der Waals surface area contributed by atoms with E-state index in [0.29, 0.717) is 16.9 Å². The van der Waals surface area contributed by atoms with Gasteiger partial charge in [-0.25, -0.2) is 14.8 Å². The first-order chi connectivity index (χ1) is 9.58. The number of hydrogen-bond acceptors (Lipinski definition) is 5. The first-order valence-corrected chi connectivity index (χ1v) is 6.01. The van der Waals surface area contributed by atoms with Gasteiger partial charge in [0.2, 0.25) is 0 Å². The summed E-state index contributed by atoms with van der Waals surface area (Å²) in [5.41, 5.74) is 1.37. The number of benzene rings is 1. The third-order valence-corrected chi connectivity index (χ3v) is 2.58. The maximum atomic E-state index is 11.0. The van der Waals surface area contributed by atoms with Crippen molar-refractivity contribution in [2.75, 3.05) is 6.61 Å². The van der Waals surface area contributed by atoms with Crippen molar-refractivity contribution in [3.63, 3.8) is 0 Å². The summed E-state index contributed by atoms with van der Waals surface area (Å²) in [7, 11) is 0. The van der Waals surface area contributed by atoms with Crippen LogP contribution in [0, 0.1) is 0 Å². The van der Waals surface area contributed by atoms with Crippen molar-refractivity contribution in [1.29, 1.82) is 0 Å². The number of carboxylic acids is 1. The topological polar surface area (TPSA) is 92.5 Å². The van der Waals surface area contributed by atoms with E-state index in [-0.39, 0.29) is 12.2 Å². The minimum absolute atomic E-state index is 0.118. The quantitative estimate of drug-likeness (QED) is 0.860. The Morgan fingerprint density at radius 3 is 2.65 bits per heavy atom. The van der Waals surface area contributed by atoms with Crippen LogP contribution in [-0.4, -0.2) is 38.9 Å². The van der Waals surface area contributed by atoms with Crippen LogP contribution in [-0.2, 0) is 0 Å². The Labute approximate surface area is 115 Å². The van der Waals surface area contributed by atoms with E-state index in [4.69, 9.17) is 9.84 Å². The summed E-state index contributed by atoms with van der Waals surface area (Å²) in [5, 5.41) is 18.3. The van der Waals surface area contributed by atoms with Crippen LogP contribution in [0.25, 0.3) is 11.1 Å². The van der Waals surface area contributed by atoms with Gasteiger partial charge in [0, 0.05) is 23.5 Å². The predicted molar refractivity (Wildman–Crippen MR) is 71.6 cm³/mol. The first-order valence-electron chi connectivity index (χ1n) is 6.01. The molecule has 0 radical (unpaired) electrons. The van der Waals surface area contributed by atoms with Gasteiger partial charge in [-0.05, 0) is 25.1 Å². The smallest absolute Gasteiger partial charge is 0.335 e. The van der Waals surface area contributed by atoms with E-state index in [1.807, 2.05) is 0 Å². The van der Waals surface area contributed by atoms with Gasteiger partial charge >= 0.3 is 5.97 Å². The number of carbonyl (C=O) groups is 1. The average molecular weight is 274 g/mol. The lowest BCUT2D eigenvalue weighted by atomic mass is 10.0. The monoisotopic (exact) mass is 274 g/mol. The van der Waals surface area contributed by atoms with E-state index in [0.717, 1.165) is 0 Å². The van der Waals surface area contributed by atoms with Crippen LogP contribution in [0.2, 0.25) is 0 Å². The summed E-state index contributed by atoms with van der Waals surface area (Å²) in [5.74, 6) is -0.545. The van der Waals surface area contributed by atoms with Crippen LogP contribution in [0.4, 0.5) is 0 Å². The maximum Gasteiger partial charge on any atom is 0.335 e. The van der Waals surface area contributed by atoms with Crippen molar-refractivity contribution in [1.82, 2.24) is 9.97 Å². The van der Waals surface area contributed by atoms with Gasteiger partial charge in [0.15, 0.2) is 0 Å². The first kappa shape index (κ1) is 14.0. The van der Waals surface area contributed by atoms with Crippen LogP contribution >= 0.6 is 0 Å². The molecule has 0 saturated heterocycles. The molecule has 0 bridgehead atoms. The van der Waals surface area contributed by atoms with Crippen LogP contribution < -0.4 is 4.74 Å². The summed E-state index contributed by atoms with van der Waals surface area (Å²) in [4.78, 5) is 18.9. The van der Waals surface area contributed by atoms with Gasteiger partial charge in [0.05, 0.1) is 11.7 Å². The third-order valence-electron chi connectivity index (χ3n) is 2.58. The molecule has 0 aliphatic rings. The fourth-order valence-electron chi connectivity index (χ4n) is 1.66. The number of rotatable bonds is 5. The summed E-state index contributed by atoms with van der Waals surface area (Å²) in [6.07, 6.45) is 3.92. The van der Waals surface area contributed by atoms with E-state index >= 15 is 0 Å². The second kappa shape index (κ2) is 6.12. The molecule has 104 valence electrons. The van der Waals surface area contributed by atoms with E-state index in [1.165, 1.54) is 18.5 Å². The molecule has 0 aliphatic carbocycles. The zero-order chi connectivity index (χ0) is 14.5. The van der Waals surface area contributed by atoms with Crippen molar-refractivity contribution in [3.8, 4) is 16.9 Å². The molecule has 0 saturated carbocycles. The number of ether oxygens (including phenoxy) is 1. The lowest BCUT2D eigenvalue weighted by Crippen LogP contribution is -2.13. The number of aliphatic hydroxyl groups excluding tert-OH is 1. The number of aliphatic hydroxyl groups is 1. The van der Waals surface area contributed by atoms with Crippen LogP contribution in [0.3, 0.4) is 0 Å². The van der Waals surface area contributed by atoms with E-state index in [9.17, 15) is 9.90 Å². The van der Waals surface area contributed by atoms with Crippen molar-refractivity contribution in [3.05, 3.63) is 42.5 Å². The Kier molecular flexibility index (Phi) is 4.27. The molecule has 0 unspecified atom stereocenters.